The Kier molecular flexibility index (Phi) is 37.1. The lowest BCUT2D eigenvalue weighted by Gasteiger charge is -2.48. The molecule has 104 heavy (non-hydrogen) atoms. The number of rotatable bonds is 17. The summed E-state index contributed by atoms with van der Waals surface area (Å²) in [6.07, 6.45) is 35.9. The predicted molar refractivity (Wildman–Crippen MR) is 426 cm³/mol. The Morgan fingerprint density at radius 2 is 0.702 bits per heavy atom. The number of pyridine rings is 4. The smallest absolute Gasteiger partial charge is 0.210 e. The van der Waals surface area contributed by atoms with Crippen LogP contribution in [-0.4, -0.2) is 106 Å². The number of benzene rings is 2. The Balaban J connectivity index is 0.000000170. The van der Waals surface area contributed by atoms with Gasteiger partial charge in [-0.25, -0.2) is 13.7 Å². The highest BCUT2D eigenvalue weighted by Gasteiger charge is 2.35. The van der Waals surface area contributed by atoms with Crippen molar-refractivity contribution in [2.75, 3.05) is 92.0 Å². The van der Waals surface area contributed by atoms with Gasteiger partial charge in [-0.1, -0.05) is 158 Å². The van der Waals surface area contributed by atoms with Crippen molar-refractivity contribution in [1.82, 2.24) is 0 Å². The summed E-state index contributed by atoms with van der Waals surface area (Å²) < 4.78 is 24.8. The van der Waals surface area contributed by atoms with Gasteiger partial charge in [-0.05, 0) is 135 Å². The number of aromatic nitrogens is 4. The molecule has 0 bridgehead atoms. The fourth-order valence-corrected chi connectivity index (χ4v) is 16.6. The average molecular weight is 1430 g/mol. The molecule has 4 aromatic heterocycles. The van der Waals surface area contributed by atoms with Crippen molar-refractivity contribution >= 4 is 0 Å². The predicted octanol–water partition coefficient (Wildman–Crippen LogP) is 18.9. The highest BCUT2D eigenvalue weighted by molar-refractivity contribution is 5.29. The van der Waals surface area contributed by atoms with Crippen molar-refractivity contribution in [2.45, 2.75) is 224 Å². The first kappa shape index (κ1) is 85.9. The molecule has 7 aliphatic rings. The zero-order chi connectivity index (χ0) is 74.9. The molecule has 6 aromatic rings. The molecule has 4 saturated carbocycles. The molecule has 4 aliphatic carbocycles. The van der Waals surface area contributed by atoms with Crippen LogP contribution in [0.15, 0.2) is 171 Å². The molecule has 576 valence electrons. The number of ether oxygens (including phenoxy) is 3. The van der Waals surface area contributed by atoms with Gasteiger partial charge in [0, 0.05) is 110 Å². The summed E-state index contributed by atoms with van der Waals surface area (Å²) in [5, 5.41) is 37.2. The maximum Gasteiger partial charge on any atom is 0.210 e. The van der Waals surface area contributed by atoms with Crippen LogP contribution in [0.2, 0.25) is 0 Å². The summed E-state index contributed by atoms with van der Waals surface area (Å²) in [5.41, 5.74) is 5.05. The minimum Gasteiger partial charge on any atom is -0.633 e. The van der Waals surface area contributed by atoms with Gasteiger partial charge in [0.1, 0.15) is 45.8 Å². The van der Waals surface area contributed by atoms with E-state index in [2.05, 4.69) is 262 Å². The fourth-order valence-electron chi connectivity index (χ4n) is 16.6. The highest BCUT2D eigenvalue weighted by Crippen LogP contribution is 2.39. The summed E-state index contributed by atoms with van der Waals surface area (Å²) in [6.45, 7) is 42.9. The van der Waals surface area contributed by atoms with Gasteiger partial charge in [-0.15, -0.1) is 0 Å². The van der Waals surface area contributed by atoms with E-state index >= 15 is 0 Å². The van der Waals surface area contributed by atoms with Crippen molar-refractivity contribution < 1.29 is 46.4 Å². The number of morpholine rings is 3. The summed E-state index contributed by atoms with van der Waals surface area (Å²) in [6, 6.07) is 43.6. The van der Waals surface area contributed by atoms with Crippen molar-refractivity contribution in [3.8, 4) is 5.69 Å². The van der Waals surface area contributed by atoms with Gasteiger partial charge in [0.15, 0.2) is 68.2 Å². The summed E-state index contributed by atoms with van der Waals surface area (Å²) in [7, 11) is 0. The monoisotopic (exact) mass is 1430 g/mol. The van der Waals surface area contributed by atoms with Crippen LogP contribution in [0.25, 0.3) is 5.69 Å². The third-order valence-electron chi connectivity index (χ3n) is 23.8. The van der Waals surface area contributed by atoms with Crippen LogP contribution < -0.4 is 18.3 Å². The van der Waals surface area contributed by atoms with Crippen LogP contribution in [0.3, 0.4) is 0 Å². The molecule has 13 rings (SSSR count). The van der Waals surface area contributed by atoms with Gasteiger partial charge in [0.2, 0.25) is 5.69 Å². The summed E-state index contributed by atoms with van der Waals surface area (Å²) in [4.78, 5) is 0. The van der Waals surface area contributed by atoms with Crippen molar-refractivity contribution in [2.24, 2.45) is 65.1 Å². The SMILES string of the molecule is CC(C)C1CCC(C[N+]2([O-])CCOCC2)C1.CC(C)C1CCC(C[N+]2([O-])CCOCC2)CC1.CC(C)C1CCC([n+]2ccccc2)C1.CC(C)C1CCC([n+]2ccccc2)CC1.CC(C)C[n+]1ccccc1.CC(C)c1ccc(-[n+]2ccccc2)cc1.CC(C)c1ccc(C[N+]2([O-])CCOCC2)cc1. The lowest BCUT2D eigenvalue weighted by atomic mass is 9.77. The molecule has 13 heteroatoms. The molecule has 13 nitrogen and oxygen atoms in total. The molecule has 7 heterocycles. The molecule has 4 unspecified atom stereocenters. The summed E-state index contributed by atoms with van der Waals surface area (Å²) in [5.74, 6) is 10.2. The van der Waals surface area contributed by atoms with Crippen LogP contribution >= 0.6 is 0 Å². The lowest BCUT2D eigenvalue weighted by molar-refractivity contribution is -0.901. The number of hydroxylamine groups is 9. The van der Waals surface area contributed by atoms with E-state index < -0.39 is 0 Å². The second-order valence-electron chi connectivity index (χ2n) is 34.4. The fraction of sp³-hybridized carbons (Fsp3) is 0.648. The first-order chi connectivity index (χ1) is 49.9. The van der Waals surface area contributed by atoms with Crippen LogP contribution in [0.5, 0.6) is 0 Å². The number of hydrogen-bond donors (Lipinski definition) is 0. The number of quaternary nitrogens is 3. The van der Waals surface area contributed by atoms with Gasteiger partial charge in [-0.3, -0.25) is 0 Å². The molecular formula is C91H145N7O6+4. The van der Waals surface area contributed by atoms with E-state index in [0.29, 0.717) is 109 Å². The normalized spacial score (nSPS) is 24.1. The highest BCUT2D eigenvalue weighted by atomic mass is 16.6. The standard InChI is InChI=1S/C14H27NO2.C14H21NO2.C14H22N.C14H16N.C13H25NO2.C13H20N.C9H14N/c2*1-12(2)14-5-3-13(4-6-14)11-15(16)7-9-17-10-8-15;2*1-12(2)13-6-8-14(9-7-13)15-10-4-3-5-11-15;1-11(2)13-4-3-12(9-13)10-14(15)5-7-16-8-6-14;1-11(2)12-6-7-13(10-12)14-8-4-3-5-9-14;1-9(2)8-10-6-4-3-5-7-10/h12-14H,3-11H2,1-2H3;3-6,12H,7-11H2,1-2H3;3-5,10-14H,6-9H2,1-2H3;3-12H,1-2H3;11-13H,3-10H2,1-2H3;3-5,8-9,11-13H,6-7,10H2,1-2H3;3-7,9H,8H2,1-2H3/q;;2*+1;;2*+1. The van der Waals surface area contributed by atoms with Gasteiger partial charge < -0.3 is 43.8 Å². The Bertz CT molecular complexity index is 3160. The number of nitrogens with zero attached hydrogens (tertiary/aromatic N) is 7. The molecule has 3 aliphatic heterocycles. The Labute approximate surface area is 632 Å². The second-order valence-corrected chi connectivity index (χ2v) is 34.4. The third kappa shape index (κ3) is 30.7. The molecule has 0 spiro atoms. The van der Waals surface area contributed by atoms with E-state index in [1.54, 1.807) is 0 Å². The molecule has 0 amide bonds. The first-order valence-corrected chi connectivity index (χ1v) is 41.3. The molecular weight excluding hydrogens is 1290 g/mol. The van der Waals surface area contributed by atoms with Crippen LogP contribution in [-0.2, 0) is 27.3 Å². The topological polar surface area (TPSA) is 112 Å². The van der Waals surface area contributed by atoms with Crippen LogP contribution in [0.1, 0.15) is 227 Å². The van der Waals surface area contributed by atoms with Crippen LogP contribution in [0, 0.1) is 80.7 Å². The van der Waals surface area contributed by atoms with Gasteiger partial charge >= 0.3 is 0 Å². The number of hydrogen-bond acceptors (Lipinski definition) is 6. The molecule has 4 atom stereocenters. The van der Waals surface area contributed by atoms with E-state index in [0.717, 1.165) is 90.5 Å². The largest absolute Gasteiger partial charge is 0.633 e. The van der Waals surface area contributed by atoms with E-state index in [1.807, 2.05) is 24.3 Å². The maximum absolute atomic E-state index is 12.5. The maximum atomic E-state index is 12.5. The Hall–Kier alpha value is -5.32. The van der Waals surface area contributed by atoms with E-state index in [9.17, 15) is 15.6 Å². The zero-order valence-electron chi connectivity index (χ0n) is 67.6. The minimum atomic E-state index is -0.138. The van der Waals surface area contributed by atoms with Gasteiger partial charge in [-0.2, -0.15) is 4.57 Å². The third-order valence-corrected chi connectivity index (χ3v) is 23.8. The average Bonchev–Trinajstić information content (AvgIpc) is 1.59. The molecule has 0 radical (unpaired) electrons. The summed E-state index contributed by atoms with van der Waals surface area (Å²) >= 11 is 0. The molecule has 3 saturated heterocycles. The molecule has 7 fully saturated rings. The van der Waals surface area contributed by atoms with Crippen LogP contribution in [0.4, 0.5) is 0 Å². The quantitative estimate of drug-likeness (QED) is 0.0511. The van der Waals surface area contributed by atoms with Crippen molar-refractivity contribution in [3.05, 3.63) is 203 Å². The van der Waals surface area contributed by atoms with E-state index in [-0.39, 0.29) is 13.9 Å². The van der Waals surface area contributed by atoms with Gasteiger partial charge in [0.25, 0.3) is 0 Å². The van der Waals surface area contributed by atoms with E-state index in [1.165, 1.54) is 107 Å². The van der Waals surface area contributed by atoms with Gasteiger partial charge in [0.05, 0.1) is 52.7 Å². The Morgan fingerprint density at radius 3 is 1.12 bits per heavy atom. The second kappa shape index (κ2) is 44.8. The molecule has 0 N–H and O–H groups in total. The first-order valence-electron chi connectivity index (χ1n) is 41.3. The molecule has 2 aromatic carbocycles. The van der Waals surface area contributed by atoms with Crippen molar-refractivity contribution in [3.63, 3.8) is 0 Å². The zero-order valence-corrected chi connectivity index (χ0v) is 67.6. The lowest BCUT2D eigenvalue weighted by Crippen LogP contribution is -2.53. The van der Waals surface area contributed by atoms with E-state index in [4.69, 9.17) is 14.2 Å². The van der Waals surface area contributed by atoms with Crippen molar-refractivity contribution in [1.29, 1.82) is 0 Å². The minimum absolute atomic E-state index is 0.00941. The Morgan fingerprint density at radius 1 is 0.356 bits per heavy atom.